The summed E-state index contributed by atoms with van der Waals surface area (Å²) in [5.74, 6) is 0. The summed E-state index contributed by atoms with van der Waals surface area (Å²) >= 11 is 0. The fourth-order valence-electron chi connectivity index (χ4n) is 1.44. The molecule has 1 N–H and O–H groups in total. The highest BCUT2D eigenvalue weighted by Gasteiger charge is 2.30. The molecule has 0 saturated carbocycles. The number of nitrogens with zero attached hydrogens (tertiary/aromatic N) is 2. The molecule has 0 unspecified atom stereocenters. The van der Waals surface area contributed by atoms with Crippen LogP contribution in [0.1, 0.15) is 11.3 Å². The Morgan fingerprint density at radius 2 is 1.89 bits per heavy atom. The van der Waals surface area contributed by atoms with E-state index in [1.165, 1.54) is 0 Å². The molecule has 0 atom stereocenters. The number of hydrogen-bond donors (Lipinski definition) is 1. The van der Waals surface area contributed by atoms with Crippen LogP contribution in [0.5, 0.6) is 0 Å². The second kappa shape index (κ2) is 4.30. The summed E-state index contributed by atoms with van der Waals surface area (Å²) in [5.41, 5.74) is -0.698. The van der Waals surface area contributed by atoms with Gasteiger partial charge in [-0.05, 0) is 29.2 Å². The van der Waals surface area contributed by atoms with Gasteiger partial charge in [-0.1, -0.05) is 0 Å². The van der Waals surface area contributed by atoms with Crippen LogP contribution in [0.2, 0.25) is 0 Å². The van der Waals surface area contributed by atoms with E-state index in [0.717, 1.165) is 24.3 Å². The number of alkyl halides is 3. The number of aliphatic hydroxyl groups is 1. The van der Waals surface area contributed by atoms with Crippen molar-refractivity contribution < 1.29 is 27.8 Å². The molecule has 5 nitrogen and oxygen atoms in total. The SMILES string of the molecule is [O-][n+]1onc(-c2ccc(C(F)(F)F)cc2)c1CO. The van der Waals surface area contributed by atoms with Crippen LogP contribution in [0.25, 0.3) is 11.3 Å². The first kappa shape index (κ1) is 12.4. The van der Waals surface area contributed by atoms with Crippen molar-refractivity contribution in [3.63, 3.8) is 0 Å². The molecule has 18 heavy (non-hydrogen) atoms. The first-order valence-electron chi connectivity index (χ1n) is 4.80. The summed E-state index contributed by atoms with van der Waals surface area (Å²) in [6.07, 6.45) is -4.43. The van der Waals surface area contributed by atoms with Gasteiger partial charge in [0.2, 0.25) is 5.69 Å². The number of aromatic nitrogens is 2. The Labute approximate surface area is 98.6 Å². The summed E-state index contributed by atoms with van der Waals surface area (Å²) < 4.78 is 41.3. The van der Waals surface area contributed by atoms with Crippen molar-refractivity contribution in [1.29, 1.82) is 0 Å². The molecule has 96 valence electrons. The van der Waals surface area contributed by atoms with E-state index in [4.69, 9.17) is 5.11 Å². The van der Waals surface area contributed by atoms with E-state index in [1.807, 2.05) is 0 Å². The van der Waals surface area contributed by atoms with Crippen molar-refractivity contribution in [3.05, 3.63) is 40.7 Å². The Balaban J connectivity index is 2.40. The lowest BCUT2D eigenvalue weighted by atomic mass is 10.1. The van der Waals surface area contributed by atoms with E-state index >= 15 is 0 Å². The van der Waals surface area contributed by atoms with Crippen molar-refractivity contribution in [3.8, 4) is 11.3 Å². The second-order valence-electron chi connectivity index (χ2n) is 3.46. The van der Waals surface area contributed by atoms with E-state index in [-0.39, 0.29) is 21.9 Å². The molecule has 0 radical (unpaired) electrons. The summed E-state index contributed by atoms with van der Waals surface area (Å²) in [6, 6.07) is 4.03. The normalized spacial score (nSPS) is 11.8. The third kappa shape index (κ3) is 2.14. The third-order valence-electron chi connectivity index (χ3n) is 2.34. The van der Waals surface area contributed by atoms with Gasteiger partial charge in [-0.25, -0.2) is 0 Å². The van der Waals surface area contributed by atoms with Gasteiger partial charge in [-0.2, -0.15) is 13.2 Å². The standard InChI is InChI=1S/C10H7F3N2O3/c11-10(12,13)7-3-1-6(2-4-7)9-8(5-16)15(17)18-14-9/h1-4,16H,5H2. The van der Waals surface area contributed by atoms with Crippen LogP contribution in [-0.2, 0) is 12.8 Å². The van der Waals surface area contributed by atoms with Crippen LogP contribution in [0.3, 0.4) is 0 Å². The molecule has 0 fully saturated rings. The van der Waals surface area contributed by atoms with Gasteiger partial charge < -0.3 is 10.3 Å². The minimum absolute atomic E-state index is 0.00695. The molecule has 0 aliphatic rings. The fraction of sp³-hybridized carbons (Fsp3) is 0.200. The zero-order chi connectivity index (χ0) is 13.3. The molecule has 0 aliphatic carbocycles. The Bertz CT molecular complexity index is 548. The molecule has 0 spiro atoms. The maximum Gasteiger partial charge on any atom is 0.416 e. The number of benzene rings is 1. The first-order valence-corrected chi connectivity index (χ1v) is 4.80. The van der Waals surface area contributed by atoms with Gasteiger partial charge in [0.1, 0.15) is 6.61 Å². The van der Waals surface area contributed by atoms with Gasteiger partial charge in [0.25, 0.3) is 5.69 Å². The largest absolute Gasteiger partial charge is 0.416 e. The topological polar surface area (TPSA) is 73.2 Å². The molecule has 0 amide bonds. The van der Waals surface area contributed by atoms with Gasteiger partial charge in [-0.3, -0.25) is 4.63 Å². The molecule has 1 aromatic heterocycles. The molecule has 0 saturated heterocycles. The molecule has 8 heteroatoms. The summed E-state index contributed by atoms with van der Waals surface area (Å²) in [7, 11) is 0. The molecule has 2 rings (SSSR count). The van der Waals surface area contributed by atoms with E-state index in [2.05, 4.69) is 9.79 Å². The van der Waals surface area contributed by atoms with Gasteiger partial charge in [0.05, 0.1) is 5.56 Å². The molecule has 0 bridgehead atoms. The lowest BCUT2D eigenvalue weighted by molar-refractivity contribution is -0.809. The fourth-order valence-corrected chi connectivity index (χ4v) is 1.44. The third-order valence-corrected chi connectivity index (χ3v) is 2.34. The lowest BCUT2D eigenvalue weighted by Crippen LogP contribution is -2.28. The quantitative estimate of drug-likeness (QED) is 0.830. The van der Waals surface area contributed by atoms with Crippen molar-refractivity contribution in [1.82, 2.24) is 5.16 Å². The Kier molecular flexibility index (Phi) is 2.95. The summed E-state index contributed by atoms with van der Waals surface area (Å²) in [4.78, 5) is 0.00695. The van der Waals surface area contributed by atoms with Gasteiger partial charge >= 0.3 is 6.18 Å². The van der Waals surface area contributed by atoms with E-state index in [1.54, 1.807) is 0 Å². The van der Waals surface area contributed by atoms with Crippen molar-refractivity contribution >= 4 is 0 Å². The van der Waals surface area contributed by atoms with Crippen LogP contribution in [0.15, 0.2) is 28.9 Å². The van der Waals surface area contributed by atoms with E-state index in [0.29, 0.717) is 0 Å². The number of hydrogen-bond acceptors (Lipinski definition) is 4. The highest BCUT2D eigenvalue weighted by Crippen LogP contribution is 2.30. The van der Waals surface area contributed by atoms with Crippen LogP contribution in [0, 0.1) is 5.21 Å². The zero-order valence-electron chi connectivity index (χ0n) is 8.81. The summed E-state index contributed by atoms with van der Waals surface area (Å²) in [6.45, 7) is -0.622. The van der Waals surface area contributed by atoms with Crippen molar-refractivity contribution in [2.45, 2.75) is 12.8 Å². The van der Waals surface area contributed by atoms with Gasteiger partial charge in [0.15, 0.2) is 0 Å². The Hall–Kier alpha value is -2.09. The van der Waals surface area contributed by atoms with E-state index in [9.17, 15) is 18.4 Å². The Morgan fingerprint density at radius 1 is 1.28 bits per heavy atom. The highest BCUT2D eigenvalue weighted by atomic mass is 19.4. The van der Waals surface area contributed by atoms with Crippen LogP contribution in [0.4, 0.5) is 13.2 Å². The van der Waals surface area contributed by atoms with Crippen LogP contribution >= 0.6 is 0 Å². The molecule has 2 aromatic rings. The number of aliphatic hydroxyl groups excluding tert-OH is 1. The van der Waals surface area contributed by atoms with Crippen molar-refractivity contribution in [2.75, 3.05) is 0 Å². The smallest absolute Gasteiger partial charge is 0.388 e. The molecule has 1 heterocycles. The second-order valence-corrected chi connectivity index (χ2v) is 3.46. The number of halogens is 3. The maximum atomic E-state index is 12.3. The van der Waals surface area contributed by atoms with Crippen LogP contribution in [-0.4, -0.2) is 10.3 Å². The minimum Gasteiger partial charge on any atom is -0.388 e. The maximum absolute atomic E-state index is 12.3. The molecule has 1 aromatic carbocycles. The average Bonchev–Trinajstić information content (AvgIpc) is 2.69. The zero-order valence-corrected chi connectivity index (χ0v) is 8.81. The highest BCUT2D eigenvalue weighted by molar-refractivity contribution is 5.60. The molecular formula is C10H7F3N2O3. The average molecular weight is 260 g/mol. The van der Waals surface area contributed by atoms with Gasteiger partial charge in [0, 0.05) is 10.7 Å². The number of rotatable bonds is 2. The first-order chi connectivity index (χ1) is 8.43. The predicted molar refractivity (Wildman–Crippen MR) is 51.8 cm³/mol. The Morgan fingerprint density at radius 3 is 2.39 bits per heavy atom. The van der Waals surface area contributed by atoms with Crippen LogP contribution < -0.4 is 4.90 Å². The molecular weight excluding hydrogens is 253 g/mol. The predicted octanol–water partition coefficient (Wildman–Crippen LogP) is 1.49. The summed E-state index contributed by atoms with van der Waals surface area (Å²) in [5, 5.41) is 23.3. The van der Waals surface area contributed by atoms with Gasteiger partial charge in [-0.15, -0.1) is 0 Å². The minimum atomic E-state index is -4.43. The molecule has 0 aliphatic heterocycles. The monoisotopic (exact) mass is 260 g/mol. The van der Waals surface area contributed by atoms with Crippen molar-refractivity contribution in [2.24, 2.45) is 0 Å². The lowest BCUT2D eigenvalue weighted by Gasteiger charge is -2.05. The van der Waals surface area contributed by atoms with E-state index < -0.39 is 18.3 Å².